The van der Waals surface area contributed by atoms with Crippen LogP contribution in [0.4, 0.5) is 17.1 Å². The lowest BCUT2D eigenvalue weighted by molar-refractivity contribution is -0.923. The van der Waals surface area contributed by atoms with Crippen LogP contribution in [0.3, 0.4) is 0 Å². The fraction of sp³-hybridized carbons (Fsp3) is 0.455. The lowest BCUT2D eigenvalue weighted by Gasteiger charge is -2.35. The molecule has 0 fully saturated rings. The number of nitro benzene ring substituents is 1. The number of non-ortho nitro benzene ring substituents is 1. The van der Waals surface area contributed by atoms with Crippen LogP contribution in [0.5, 0.6) is 5.75 Å². The largest absolute Gasteiger partial charge is 0.494 e. The summed E-state index contributed by atoms with van der Waals surface area (Å²) in [4.78, 5) is 10.2. The summed E-state index contributed by atoms with van der Waals surface area (Å²) in [5, 5.41) is 18.9. The van der Waals surface area contributed by atoms with E-state index in [0.29, 0.717) is 18.0 Å². The summed E-state index contributed by atoms with van der Waals surface area (Å²) in [5.41, 5.74) is 1.30. The maximum atomic E-state index is 10.7. The van der Waals surface area contributed by atoms with Crippen molar-refractivity contribution < 1.29 is 14.1 Å². The average Bonchev–Trinajstić information content (AvgIpc) is 2.76. The van der Waals surface area contributed by atoms with Crippen molar-refractivity contribution in [3.05, 3.63) is 58.6 Å². The zero-order valence-electron chi connectivity index (χ0n) is 17.6. The summed E-state index contributed by atoms with van der Waals surface area (Å²) in [7, 11) is 0. The third-order valence-electron chi connectivity index (χ3n) is 5.49. The first-order valence-corrected chi connectivity index (χ1v) is 10.3. The quantitative estimate of drug-likeness (QED) is 0.143. The van der Waals surface area contributed by atoms with Gasteiger partial charge in [-0.3, -0.25) is 10.1 Å². The Balaban J connectivity index is 1.77. The van der Waals surface area contributed by atoms with E-state index in [4.69, 9.17) is 4.74 Å². The fourth-order valence-corrected chi connectivity index (χ4v) is 3.25. The normalized spacial score (nSPS) is 11.7. The van der Waals surface area contributed by atoms with Gasteiger partial charge in [0.25, 0.3) is 5.69 Å². The van der Waals surface area contributed by atoms with E-state index < -0.39 is 4.92 Å². The second-order valence-electron chi connectivity index (χ2n) is 7.04. The molecule has 29 heavy (non-hydrogen) atoms. The number of azo groups is 1. The second kappa shape index (κ2) is 11.3. The molecule has 0 N–H and O–H groups in total. The van der Waals surface area contributed by atoms with Crippen molar-refractivity contribution in [2.24, 2.45) is 10.2 Å². The number of rotatable bonds is 12. The molecule has 0 saturated carbocycles. The molecule has 0 aliphatic carbocycles. The van der Waals surface area contributed by atoms with Crippen molar-refractivity contribution in [2.45, 2.75) is 33.6 Å². The molecule has 0 aliphatic rings. The van der Waals surface area contributed by atoms with Crippen LogP contribution in [0.15, 0.2) is 58.8 Å². The summed E-state index contributed by atoms with van der Waals surface area (Å²) >= 11 is 0. The molecule has 0 atom stereocenters. The van der Waals surface area contributed by atoms with Crippen LogP contribution < -0.4 is 4.74 Å². The van der Waals surface area contributed by atoms with Gasteiger partial charge in [0, 0.05) is 12.1 Å². The van der Waals surface area contributed by atoms with E-state index in [0.717, 1.165) is 18.6 Å². The summed E-state index contributed by atoms with van der Waals surface area (Å²) in [6.45, 7) is 12.3. The highest BCUT2D eigenvalue weighted by Gasteiger charge is 2.19. The molecule has 2 aromatic rings. The molecule has 156 valence electrons. The molecule has 0 amide bonds. The van der Waals surface area contributed by atoms with Gasteiger partial charge in [-0.25, -0.2) is 0 Å². The minimum Gasteiger partial charge on any atom is -0.494 e. The molecule has 7 heteroatoms. The zero-order chi connectivity index (χ0) is 21.1. The van der Waals surface area contributed by atoms with Gasteiger partial charge in [-0.05, 0) is 70.0 Å². The Hall–Kier alpha value is -2.80. The SMILES string of the molecule is CC[N+](CC)(CC)CCCCOc1ccc(N=Nc2ccc([N+](=O)[O-])cc2)cc1. The van der Waals surface area contributed by atoms with Gasteiger partial charge in [-0.15, -0.1) is 0 Å². The molecule has 7 nitrogen and oxygen atoms in total. The van der Waals surface area contributed by atoms with Gasteiger partial charge in [0.05, 0.1) is 49.1 Å². The van der Waals surface area contributed by atoms with Crippen LogP contribution in [0.1, 0.15) is 33.6 Å². The van der Waals surface area contributed by atoms with E-state index in [-0.39, 0.29) is 5.69 Å². The molecule has 0 unspecified atom stereocenters. The van der Waals surface area contributed by atoms with Gasteiger partial charge in [0.15, 0.2) is 0 Å². The highest BCUT2D eigenvalue weighted by atomic mass is 16.6. The van der Waals surface area contributed by atoms with Crippen LogP contribution >= 0.6 is 0 Å². The number of unbranched alkanes of at least 4 members (excludes halogenated alkanes) is 1. The number of quaternary nitrogens is 1. The lowest BCUT2D eigenvalue weighted by atomic mass is 10.2. The first-order valence-electron chi connectivity index (χ1n) is 10.3. The maximum absolute atomic E-state index is 10.7. The Morgan fingerprint density at radius 1 is 0.862 bits per heavy atom. The first kappa shape index (κ1) is 22.5. The number of nitro groups is 1. The van der Waals surface area contributed by atoms with Crippen LogP contribution in [-0.4, -0.2) is 42.2 Å². The highest BCUT2D eigenvalue weighted by molar-refractivity contribution is 5.45. The van der Waals surface area contributed by atoms with Gasteiger partial charge in [0.2, 0.25) is 0 Å². The monoisotopic (exact) mass is 399 g/mol. The van der Waals surface area contributed by atoms with Crippen LogP contribution in [0.25, 0.3) is 0 Å². The number of hydrogen-bond acceptors (Lipinski definition) is 5. The number of hydrogen-bond donors (Lipinski definition) is 0. The van der Waals surface area contributed by atoms with Crippen molar-refractivity contribution in [1.29, 1.82) is 0 Å². The number of nitrogens with zero attached hydrogens (tertiary/aromatic N) is 4. The van der Waals surface area contributed by atoms with Crippen molar-refractivity contribution in [1.82, 2.24) is 0 Å². The van der Waals surface area contributed by atoms with E-state index >= 15 is 0 Å². The minimum atomic E-state index is -0.438. The number of benzene rings is 2. The molecule has 0 aromatic heterocycles. The maximum Gasteiger partial charge on any atom is 0.269 e. The smallest absolute Gasteiger partial charge is 0.269 e. The molecule has 0 saturated heterocycles. The third-order valence-corrected chi connectivity index (χ3v) is 5.49. The summed E-state index contributed by atoms with van der Waals surface area (Å²) in [6, 6.07) is 13.4. The Morgan fingerprint density at radius 2 is 1.38 bits per heavy atom. The standard InChI is InChI=1S/C22H31N4O3/c1-4-26(5-2,6-3)17-7-8-18-29-22-15-11-20(12-16-22)24-23-19-9-13-21(14-10-19)25(27)28/h9-16H,4-8,17-18H2,1-3H3/q+1. The van der Waals surface area contributed by atoms with Gasteiger partial charge in [-0.2, -0.15) is 10.2 Å². The predicted molar refractivity (Wildman–Crippen MR) is 115 cm³/mol. The molecule has 0 spiro atoms. The van der Waals surface area contributed by atoms with Crippen LogP contribution in [0.2, 0.25) is 0 Å². The van der Waals surface area contributed by atoms with Crippen molar-refractivity contribution >= 4 is 17.1 Å². The topological polar surface area (TPSA) is 77.1 Å². The van der Waals surface area contributed by atoms with E-state index in [9.17, 15) is 10.1 Å². The minimum absolute atomic E-state index is 0.0363. The van der Waals surface area contributed by atoms with Crippen molar-refractivity contribution in [3.8, 4) is 5.75 Å². The fourth-order valence-electron chi connectivity index (χ4n) is 3.25. The Labute approximate surface area is 172 Å². The zero-order valence-corrected chi connectivity index (χ0v) is 17.6. The molecule has 2 aromatic carbocycles. The molecule has 0 heterocycles. The highest BCUT2D eigenvalue weighted by Crippen LogP contribution is 2.23. The van der Waals surface area contributed by atoms with Gasteiger partial charge in [0.1, 0.15) is 5.75 Å². The molecule has 2 rings (SSSR count). The Kier molecular flexibility index (Phi) is 8.73. The second-order valence-corrected chi connectivity index (χ2v) is 7.04. The summed E-state index contributed by atoms with van der Waals surface area (Å²) in [6.07, 6.45) is 2.21. The van der Waals surface area contributed by atoms with Gasteiger partial charge >= 0.3 is 0 Å². The van der Waals surface area contributed by atoms with E-state index in [1.807, 2.05) is 24.3 Å². The molecule has 0 aliphatic heterocycles. The summed E-state index contributed by atoms with van der Waals surface area (Å²) < 4.78 is 7.01. The molecule has 0 bridgehead atoms. The van der Waals surface area contributed by atoms with E-state index in [1.165, 1.54) is 42.8 Å². The Bertz CT molecular complexity index is 776. The molecule has 0 radical (unpaired) electrons. The predicted octanol–water partition coefficient (Wildman–Crippen LogP) is 6.05. The third kappa shape index (κ3) is 6.94. The molecular weight excluding hydrogens is 368 g/mol. The first-order chi connectivity index (χ1) is 14.0. The lowest BCUT2D eigenvalue weighted by Crippen LogP contribution is -2.48. The van der Waals surface area contributed by atoms with Crippen molar-refractivity contribution in [2.75, 3.05) is 32.8 Å². The van der Waals surface area contributed by atoms with Crippen molar-refractivity contribution in [3.63, 3.8) is 0 Å². The van der Waals surface area contributed by atoms with Gasteiger partial charge < -0.3 is 9.22 Å². The van der Waals surface area contributed by atoms with Gasteiger partial charge in [-0.1, -0.05) is 0 Å². The molecular formula is C22H31N4O3+. The number of ether oxygens (including phenoxy) is 1. The van der Waals surface area contributed by atoms with E-state index in [2.05, 4.69) is 31.0 Å². The van der Waals surface area contributed by atoms with Crippen LogP contribution in [-0.2, 0) is 0 Å². The average molecular weight is 400 g/mol. The van der Waals surface area contributed by atoms with Crippen LogP contribution in [0, 0.1) is 10.1 Å². The Morgan fingerprint density at radius 3 is 1.86 bits per heavy atom. The summed E-state index contributed by atoms with van der Waals surface area (Å²) in [5.74, 6) is 0.821. The van der Waals surface area contributed by atoms with E-state index in [1.54, 1.807) is 12.1 Å².